The summed E-state index contributed by atoms with van der Waals surface area (Å²) < 4.78 is 4.53. The van der Waals surface area contributed by atoms with Crippen molar-refractivity contribution in [3.63, 3.8) is 0 Å². The molecule has 0 saturated heterocycles. The lowest BCUT2D eigenvalue weighted by atomic mass is 10.2. The number of hydrogen-bond donors (Lipinski definition) is 1. The number of ether oxygens (including phenoxy) is 1. The summed E-state index contributed by atoms with van der Waals surface area (Å²) in [5.41, 5.74) is 6.53. The summed E-state index contributed by atoms with van der Waals surface area (Å²) in [4.78, 5) is 11.8. The molecule has 84 valence electrons. The van der Waals surface area contributed by atoms with E-state index in [1.54, 1.807) is 12.1 Å². The molecule has 16 heavy (non-hydrogen) atoms. The van der Waals surface area contributed by atoms with Crippen LogP contribution >= 0.6 is 11.8 Å². The minimum atomic E-state index is -0.233. The van der Waals surface area contributed by atoms with Gasteiger partial charge in [0, 0.05) is 16.3 Å². The number of anilines is 1. The third-order valence-corrected chi connectivity index (χ3v) is 2.94. The molecule has 0 aromatic heterocycles. The third-order valence-electron chi connectivity index (χ3n) is 1.95. The number of nitriles is 1. The maximum absolute atomic E-state index is 10.9. The van der Waals surface area contributed by atoms with E-state index in [9.17, 15) is 4.79 Å². The summed E-state index contributed by atoms with van der Waals surface area (Å²) >= 11 is 1.49. The van der Waals surface area contributed by atoms with Gasteiger partial charge in [-0.15, -0.1) is 11.8 Å². The van der Waals surface area contributed by atoms with Gasteiger partial charge in [0.05, 0.1) is 19.1 Å². The second-order valence-electron chi connectivity index (χ2n) is 3.04. The Morgan fingerprint density at radius 3 is 3.00 bits per heavy atom. The zero-order valence-corrected chi connectivity index (χ0v) is 9.71. The molecule has 0 amide bonds. The first kappa shape index (κ1) is 12.4. The van der Waals surface area contributed by atoms with Gasteiger partial charge in [0.15, 0.2) is 0 Å². The molecule has 0 heterocycles. The van der Waals surface area contributed by atoms with E-state index < -0.39 is 0 Å². The molecular weight excluding hydrogens is 224 g/mol. The number of benzene rings is 1. The third kappa shape index (κ3) is 3.48. The number of nitrogens with two attached hydrogens (primary N) is 1. The van der Waals surface area contributed by atoms with Crippen molar-refractivity contribution in [3.05, 3.63) is 23.8 Å². The average molecular weight is 236 g/mol. The molecule has 4 nitrogen and oxygen atoms in total. The molecule has 0 unspecified atom stereocenters. The molecule has 0 saturated carbocycles. The van der Waals surface area contributed by atoms with Gasteiger partial charge < -0.3 is 10.5 Å². The summed E-state index contributed by atoms with van der Waals surface area (Å²) in [6.45, 7) is 0. The zero-order valence-electron chi connectivity index (χ0n) is 8.90. The van der Waals surface area contributed by atoms with E-state index in [-0.39, 0.29) is 5.97 Å². The van der Waals surface area contributed by atoms with Gasteiger partial charge >= 0.3 is 5.97 Å². The van der Waals surface area contributed by atoms with Gasteiger partial charge in [-0.3, -0.25) is 4.79 Å². The highest BCUT2D eigenvalue weighted by molar-refractivity contribution is 7.99. The molecule has 0 bridgehead atoms. The van der Waals surface area contributed by atoms with E-state index in [0.29, 0.717) is 23.4 Å². The average Bonchev–Trinajstić information content (AvgIpc) is 2.31. The molecule has 0 radical (unpaired) electrons. The number of nitrogens with zero attached hydrogens (tertiary/aromatic N) is 1. The van der Waals surface area contributed by atoms with Crippen LogP contribution in [0.3, 0.4) is 0 Å². The molecule has 0 fully saturated rings. The summed E-state index contributed by atoms with van der Waals surface area (Å²) in [6.07, 6.45) is 0.355. The van der Waals surface area contributed by atoms with Crippen LogP contribution in [-0.2, 0) is 9.53 Å². The largest absolute Gasteiger partial charge is 0.469 e. The number of rotatable bonds is 4. The first-order valence-electron chi connectivity index (χ1n) is 4.66. The maximum Gasteiger partial charge on any atom is 0.306 e. The van der Waals surface area contributed by atoms with E-state index in [2.05, 4.69) is 4.74 Å². The fraction of sp³-hybridized carbons (Fsp3) is 0.273. The molecule has 1 aromatic carbocycles. The Hall–Kier alpha value is -1.67. The number of methoxy groups -OCH3 is 1. The van der Waals surface area contributed by atoms with E-state index in [1.165, 1.54) is 18.9 Å². The van der Waals surface area contributed by atoms with Crippen molar-refractivity contribution in [1.29, 1.82) is 5.26 Å². The van der Waals surface area contributed by atoms with Gasteiger partial charge in [-0.05, 0) is 18.2 Å². The van der Waals surface area contributed by atoms with Crippen molar-refractivity contribution in [2.45, 2.75) is 11.3 Å². The highest BCUT2D eigenvalue weighted by Crippen LogP contribution is 2.23. The first-order valence-corrected chi connectivity index (χ1v) is 5.65. The van der Waals surface area contributed by atoms with Crippen molar-refractivity contribution in [3.8, 4) is 6.07 Å². The summed E-state index contributed by atoms with van der Waals surface area (Å²) in [7, 11) is 1.37. The normalized spacial score (nSPS) is 9.50. The minimum Gasteiger partial charge on any atom is -0.469 e. The minimum absolute atomic E-state index is 0.233. The lowest BCUT2D eigenvalue weighted by Crippen LogP contribution is -2.01. The molecule has 1 aromatic rings. The van der Waals surface area contributed by atoms with Crippen molar-refractivity contribution in [2.75, 3.05) is 18.6 Å². The second-order valence-corrected chi connectivity index (χ2v) is 4.20. The van der Waals surface area contributed by atoms with Gasteiger partial charge in [0.1, 0.15) is 6.07 Å². The van der Waals surface area contributed by atoms with Crippen LogP contribution in [0.25, 0.3) is 0 Å². The first-order chi connectivity index (χ1) is 7.67. The molecule has 2 N–H and O–H groups in total. The number of hydrogen-bond acceptors (Lipinski definition) is 5. The van der Waals surface area contributed by atoms with Crippen LogP contribution in [0.2, 0.25) is 0 Å². The van der Waals surface area contributed by atoms with Crippen molar-refractivity contribution in [1.82, 2.24) is 0 Å². The van der Waals surface area contributed by atoms with Gasteiger partial charge in [-0.25, -0.2) is 0 Å². The monoisotopic (exact) mass is 236 g/mol. The van der Waals surface area contributed by atoms with Crippen LogP contribution in [0.15, 0.2) is 23.1 Å². The highest BCUT2D eigenvalue weighted by atomic mass is 32.2. The topological polar surface area (TPSA) is 76.1 Å². The number of carbonyl (C=O) groups excluding carboxylic acids is 1. The van der Waals surface area contributed by atoms with Crippen LogP contribution in [0, 0.1) is 11.3 Å². The number of thioether (sulfide) groups is 1. The Labute approximate surface area is 98.4 Å². The molecular formula is C11H12N2O2S. The number of esters is 1. The molecule has 5 heteroatoms. The van der Waals surface area contributed by atoms with Crippen LogP contribution in [-0.4, -0.2) is 18.8 Å². The van der Waals surface area contributed by atoms with E-state index in [0.717, 1.165) is 4.90 Å². The summed E-state index contributed by atoms with van der Waals surface area (Å²) in [5, 5.41) is 8.78. The predicted octanol–water partition coefficient (Wildman–Crippen LogP) is 1.80. The van der Waals surface area contributed by atoms with Gasteiger partial charge in [0.25, 0.3) is 0 Å². The number of carbonyl (C=O) groups is 1. The second kappa shape index (κ2) is 6.03. The fourth-order valence-electron chi connectivity index (χ4n) is 1.08. The lowest BCUT2D eigenvalue weighted by molar-refractivity contribution is -0.140. The molecule has 0 aliphatic rings. The van der Waals surface area contributed by atoms with Crippen LogP contribution in [0.5, 0.6) is 0 Å². The van der Waals surface area contributed by atoms with Gasteiger partial charge in [-0.2, -0.15) is 5.26 Å². The van der Waals surface area contributed by atoms with Crippen LogP contribution in [0.4, 0.5) is 5.69 Å². The zero-order chi connectivity index (χ0) is 12.0. The molecule has 0 aliphatic heterocycles. The summed E-state index contributed by atoms with van der Waals surface area (Å²) in [6, 6.07) is 7.26. The molecule has 0 aliphatic carbocycles. The number of nitrogen functional groups attached to an aromatic ring is 1. The molecule has 0 atom stereocenters. The van der Waals surface area contributed by atoms with Crippen molar-refractivity contribution in [2.24, 2.45) is 0 Å². The van der Waals surface area contributed by atoms with E-state index in [4.69, 9.17) is 11.0 Å². The van der Waals surface area contributed by atoms with Crippen LogP contribution in [0.1, 0.15) is 12.0 Å². The Bertz CT molecular complexity index is 426. The fourth-order valence-corrected chi connectivity index (χ4v) is 1.95. The highest BCUT2D eigenvalue weighted by Gasteiger charge is 2.03. The van der Waals surface area contributed by atoms with Gasteiger partial charge in [0.2, 0.25) is 0 Å². The Balaban J connectivity index is 2.55. The van der Waals surface area contributed by atoms with Crippen molar-refractivity contribution >= 4 is 23.4 Å². The maximum atomic E-state index is 10.9. The molecule has 1 rings (SSSR count). The van der Waals surface area contributed by atoms with E-state index >= 15 is 0 Å². The Morgan fingerprint density at radius 2 is 2.38 bits per heavy atom. The van der Waals surface area contributed by atoms with E-state index in [1.807, 2.05) is 12.1 Å². The summed E-state index contributed by atoms with van der Waals surface area (Å²) in [5.74, 6) is 0.394. The Kier molecular flexibility index (Phi) is 4.67. The molecule has 0 spiro atoms. The standard InChI is InChI=1S/C11H12N2O2S/c1-15-11(14)4-5-16-9-2-3-10(13)8(6-9)7-12/h2-3,6H,4-5,13H2,1H3. The SMILES string of the molecule is COC(=O)CCSc1ccc(N)c(C#N)c1. The predicted molar refractivity (Wildman–Crippen MR) is 62.9 cm³/mol. The lowest BCUT2D eigenvalue weighted by Gasteiger charge is -2.03. The van der Waals surface area contributed by atoms with Crippen molar-refractivity contribution < 1.29 is 9.53 Å². The smallest absolute Gasteiger partial charge is 0.306 e. The van der Waals surface area contributed by atoms with Crippen LogP contribution < -0.4 is 5.73 Å². The Morgan fingerprint density at radius 1 is 1.62 bits per heavy atom. The quantitative estimate of drug-likeness (QED) is 0.490. The van der Waals surface area contributed by atoms with Gasteiger partial charge in [-0.1, -0.05) is 0 Å².